The Morgan fingerprint density at radius 2 is 1.75 bits per heavy atom. The topological polar surface area (TPSA) is 12.0 Å². The normalized spacial score (nSPS) is 11.8. The van der Waals surface area contributed by atoms with E-state index in [0.717, 1.165) is 23.8 Å². The molecule has 1 nitrogen and oxygen atoms in total. The molecule has 0 atom stereocenters. The van der Waals surface area contributed by atoms with Crippen molar-refractivity contribution in [2.75, 3.05) is 6.54 Å². The van der Waals surface area contributed by atoms with Gasteiger partial charge < -0.3 is 5.32 Å². The predicted octanol–water partition coefficient (Wildman–Crippen LogP) is 5.03. The van der Waals surface area contributed by atoms with Crippen molar-refractivity contribution < 1.29 is 0 Å². The predicted molar refractivity (Wildman–Crippen MR) is 89.9 cm³/mol. The van der Waals surface area contributed by atoms with Gasteiger partial charge in [0.2, 0.25) is 0 Å². The summed E-state index contributed by atoms with van der Waals surface area (Å²) >= 11 is 7.58. The minimum atomic E-state index is 0.227. The summed E-state index contributed by atoms with van der Waals surface area (Å²) in [5.41, 5.74) is 2.95. The zero-order valence-electron chi connectivity index (χ0n) is 12.4. The van der Waals surface area contributed by atoms with Crippen LogP contribution in [0.15, 0.2) is 36.4 Å². The highest BCUT2D eigenvalue weighted by atomic mass is 35.5. The number of hydrogen-bond acceptors (Lipinski definition) is 2. The van der Waals surface area contributed by atoms with Gasteiger partial charge in [-0.3, -0.25) is 0 Å². The Morgan fingerprint density at radius 3 is 2.30 bits per heavy atom. The van der Waals surface area contributed by atoms with E-state index in [2.05, 4.69) is 56.4 Å². The average Bonchev–Trinajstić information content (AvgIpc) is 2.80. The number of hydrogen-bond donors (Lipinski definition) is 1. The summed E-state index contributed by atoms with van der Waals surface area (Å²) in [6, 6.07) is 13.0. The van der Waals surface area contributed by atoms with Crippen molar-refractivity contribution >= 4 is 22.9 Å². The summed E-state index contributed by atoms with van der Waals surface area (Å²) in [4.78, 5) is 1.34. The highest BCUT2D eigenvalue weighted by Gasteiger charge is 2.12. The molecule has 0 aliphatic heterocycles. The molecule has 0 aliphatic carbocycles. The van der Waals surface area contributed by atoms with Crippen molar-refractivity contribution in [3.05, 3.63) is 56.7 Å². The molecule has 3 heteroatoms. The van der Waals surface area contributed by atoms with E-state index in [-0.39, 0.29) is 5.41 Å². The smallest absolute Gasteiger partial charge is 0.0931 e. The lowest BCUT2D eigenvalue weighted by Crippen LogP contribution is -2.16. The molecule has 2 rings (SSSR count). The molecule has 0 fully saturated rings. The molecule has 0 radical (unpaired) electrons. The van der Waals surface area contributed by atoms with Gasteiger partial charge in [-0.15, -0.1) is 11.3 Å². The molecule has 1 heterocycles. The molecule has 20 heavy (non-hydrogen) atoms. The van der Waals surface area contributed by atoms with Crippen LogP contribution in [0.2, 0.25) is 4.34 Å². The maximum Gasteiger partial charge on any atom is 0.0931 e. The van der Waals surface area contributed by atoms with Crippen molar-refractivity contribution in [2.24, 2.45) is 0 Å². The van der Waals surface area contributed by atoms with Gasteiger partial charge in [-0.2, -0.15) is 0 Å². The Morgan fingerprint density at radius 1 is 1.05 bits per heavy atom. The molecule has 0 spiro atoms. The fourth-order valence-corrected chi connectivity index (χ4v) is 3.14. The Labute approximate surface area is 131 Å². The van der Waals surface area contributed by atoms with Gasteiger partial charge in [-0.25, -0.2) is 0 Å². The largest absolute Gasteiger partial charge is 0.312 e. The Hall–Kier alpha value is -0.830. The highest BCUT2D eigenvalue weighted by molar-refractivity contribution is 7.16. The summed E-state index contributed by atoms with van der Waals surface area (Å²) in [7, 11) is 0. The number of benzene rings is 1. The first-order valence-electron chi connectivity index (χ1n) is 6.99. The van der Waals surface area contributed by atoms with Crippen LogP contribution < -0.4 is 5.32 Å². The second-order valence-corrected chi connectivity index (χ2v) is 7.88. The monoisotopic (exact) mass is 307 g/mol. The van der Waals surface area contributed by atoms with E-state index in [9.17, 15) is 0 Å². The van der Waals surface area contributed by atoms with Gasteiger partial charge in [0.25, 0.3) is 0 Å². The standard InChI is InChI=1S/C17H22ClNS/c1-17(2,3)14-6-4-13(5-7-14)12-19-11-10-15-8-9-16(18)20-15/h4-9,19H,10-12H2,1-3H3. The number of halogens is 1. The van der Waals surface area contributed by atoms with Crippen LogP contribution in [0.1, 0.15) is 36.8 Å². The third kappa shape index (κ3) is 4.62. The van der Waals surface area contributed by atoms with Gasteiger partial charge in [-0.05, 0) is 35.1 Å². The fraction of sp³-hybridized carbons (Fsp3) is 0.412. The first-order valence-corrected chi connectivity index (χ1v) is 8.19. The molecular weight excluding hydrogens is 286 g/mol. The molecule has 0 unspecified atom stereocenters. The van der Waals surface area contributed by atoms with E-state index < -0.39 is 0 Å². The van der Waals surface area contributed by atoms with Crippen LogP contribution in [0.4, 0.5) is 0 Å². The molecule has 1 N–H and O–H groups in total. The number of rotatable bonds is 5. The lowest BCUT2D eigenvalue weighted by atomic mass is 9.87. The second kappa shape index (κ2) is 6.75. The average molecular weight is 308 g/mol. The van der Waals surface area contributed by atoms with E-state index in [1.807, 2.05) is 6.07 Å². The minimum absolute atomic E-state index is 0.227. The third-order valence-electron chi connectivity index (χ3n) is 3.33. The molecule has 0 saturated heterocycles. The molecule has 1 aromatic heterocycles. The van der Waals surface area contributed by atoms with Crippen molar-refractivity contribution in [2.45, 2.75) is 39.2 Å². The van der Waals surface area contributed by atoms with Gasteiger partial charge in [0.1, 0.15) is 0 Å². The van der Waals surface area contributed by atoms with E-state index in [1.54, 1.807) is 11.3 Å². The summed E-state index contributed by atoms with van der Waals surface area (Å²) in [5, 5.41) is 3.48. The first-order chi connectivity index (χ1) is 9.45. The van der Waals surface area contributed by atoms with Gasteiger partial charge in [0, 0.05) is 18.0 Å². The van der Waals surface area contributed by atoms with Crippen LogP contribution in [-0.2, 0) is 18.4 Å². The summed E-state index contributed by atoms with van der Waals surface area (Å²) in [6.07, 6.45) is 1.04. The van der Waals surface area contributed by atoms with Gasteiger partial charge in [0.15, 0.2) is 0 Å². The Bertz CT molecular complexity index is 537. The third-order valence-corrected chi connectivity index (χ3v) is 4.62. The zero-order valence-corrected chi connectivity index (χ0v) is 13.9. The van der Waals surface area contributed by atoms with Crippen LogP contribution in [0, 0.1) is 0 Å². The van der Waals surface area contributed by atoms with Crippen LogP contribution in [0.3, 0.4) is 0 Å². The van der Waals surface area contributed by atoms with Crippen molar-refractivity contribution in [1.29, 1.82) is 0 Å². The maximum absolute atomic E-state index is 5.92. The molecule has 0 bridgehead atoms. The van der Waals surface area contributed by atoms with Crippen molar-refractivity contribution in [1.82, 2.24) is 5.32 Å². The molecule has 108 valence electrons. The molecule has 2 aromatic rings. The fourth-order valence-electron chi connectivity index (χ4n) is 2.05. The SMILES string of the molecule is CC(C)(C)c1ccc(CNCCc2ccc(Cl)s2)cc1. The van der Waals surface area contributed by atoms with E-state index in [0.29, 0.717) is 0 Å². The van der Waals surface area contributed by atoms with Crippen molar-refractivity contribution in [3.63, 3.8) is 0 Å². The Balaban J connectivity index is 1.77. The lowest BCUT2D eigenvalue weighted by molar-refractivity contribution is 0.589. The van der Waals surface area contributed by atoms with Gasteiger partial charge in [0.05, 0.1) is 4.34 Å². The highest BCUT2D eigenvalue weighted by Crippen LogP contribution is 2.22. The van der Waals surface area contributed by atoms with E-state index >= 15 is 0 Å². The number of thiophene rings is 1. The van der Waals surface area contributed by atoms with Crippen LogP contribution in [0.5, 0.6) is 0 Å². The summed E-state index contributed by atoms with van der Waals surface area (Å²) < 4.78 is 0.873. The lowest BCUT2D eigenvalue weighted by Gasteiger charge is -2.19. The Kier molecular flexibility index (Phi) is 5.25. The van der Waals surface area contributed by atoms with Crippen molar-refractivity contribution in [3.8, 4) is 0 Å². The quantitative estimate of drug-likeness (QED) is 0.764. The summed E-state index contributed by atoms with van der Waals surface area (Å²) in [6.45, 7) is 8.63. The molecule has 0 aliphatic rings. The second-order valence-electron chi connectivity index (χ2n) is 6.08. The van der Waals surface area contributed by atoms with E-state index in [1.165, 1.54) is 16.0 Å². The molecular formula is C17H22ClNS. The molecule has 0 saturated carbocycles. The van der Waals surface area contributed by atoms with Crippen LogP contribution in [0.25, 0.3) is 0 Å². The van der Waals surface area contributed by atoms with Gasteiger partial charge >= 0.3 is 0 Å². The van der Waals surface area contributed by atoms with E-state index in [4.69, 9.17) is 11.6 Å². The number of nitrogens with one attached hydrogen (secondary N) is 1. The van der Waals surface area contributed by atoms with Crippen LogP contribution in [-0.4, -0.2) is 6.54 Å². The first kappa shape index (κ1) is 15.6. The molecule has 1 aromatic carbocycles. The van der Waals surface area contributed by atoms with Gasteiger partial charge in [-0.1, -0.05) is 56.6 Å². The van der Waals surface area contributed by atoms with Crippen LogP contribution >= 0.6 is 22.9 Å². The maximum atomic E-state index is 5.92. The zero-order chi connectivity index (χ0) is 14.6. The summed E-state index contributed by atoms with van der Waals surface area (Å²) in [5.74, 6) is 0. The minimum Gasteiger partial charge on any atom is -0.312 e. The molecule has 0 amide bonds.